The normalized spacial score (nSPS) is 20.4. The van der Waals surface area contributed by atoms with E-state index in [0.29, 0.717) is 12.5 Å². The average molecular weight is 393 g/mol. The maximum atomic E-state index is 13.8. The van der Waals surface area contributed by atoms with Crippen molar-refractivity contribution in [2.45, 2.75) is 63.6 Å². The van der Waals surface area contributed by atoms with Crippen LogP contribution >= 0.6 is 0 Å². The fourth-order valence-corrected chi connectivity index (χ4v) is 7.11. The zero-order valence-corrected chi connectivity index (χ0v) is 16.4. The van der Waals surface area contributed by atoms with Crippen molar-refractivity contribution in [3.63, 3.8) is 0 Å². The topological polar surface area (TPSA) is 18.5 Å². The summed E-state index contributed by atoms with van der Waals surface area (Å²) in [7, 11) is -0.588. The first-order valence-electron chi connectivity index (χ1n) is 9.52. The number of hydrogen-bond acceptors (Lipinski definition) is 2. The smallest absolute Gasteiger partial charge is 0.272 e. The largest absolute Gasteiger partial charge is 0.493 e. The number of alkyl halides is 2. The Bertz CT molecular complexity index is 525. The third-order valence-corrected chi connectivity index (χ3v) is 8.52. The second kappa shape index (κ2) is 10.8. The molecule has 0 radical (unpaired) electrons. The van der Waals surface area contributed by atoms with Crippen molar-refractivity contribution >= 4 is 8.80 Å². The van der Waals surface area contributed by atoms with Gasteiger partial charge >= 0.3 is 0 Å². The summed E-state index contributed by atoms with van der Waals surface area (Å²) in [6.07, 6.45) is 3.41. The Balaban J connectivity index is 1.78. The van der Waals surface area contributed by atoms with Gasteiger partial charge in [-0.15, -0.1) is 0 Å². The molecule has 2 nitrogen and oxygen atoms in total. The van der Waals surface area contributed by atoms with Crippen molar-refractivity contribution in [3.05, 3.63) is 23.8 Å². The molecule has 0 spiro atoms. The van der Waals surface area contributed by atoms with Gasteiger partial charge in [0, 0.05) is 20.9 Å². The van der Waals surface area contributed by atoms with Crippen molar-refractivity contribution in [2.75, 3.05) is 13.2 Å². The van der Waals surface area contributed by atoms with Gasteiger partial charge in [-0.25, -0.2) is 17.6 Å². The predicted octanol–water partition coefficient (Wildman–Crippen LogP) is 5.81. The zero-order valence-electron chi connectivity index (χ0n) is 15.3. The average Bonchev–Trinajstić information content (AvgIpc) is 2.60. The Morgan fingerprint density at radius 1 is 1.08 bits per heavy atom. The van der Waals surface area contributed by atoms with Crippen LogP contribution in [0, 0.1) is 17.6 Å². The maximum absolute atomic E-state index is 13.8. The molecule has 1 saturated heterocycles. The molecule has 1 heterocycles. The van der Waals surface area contributed by atoms with Gasteiger partial charge in [-0.3, -0.25) is 0 Å². The molecule has 0 saturated carbocycles. The molecule has 0 bridgehead atoms. The third-order valence-electron chi connectivity index (χ3n) is 4.99. The van der Waals surface area contributed by atoms with Gasteiger partial charge in [0.15, 0.2) is 17.4 Å². The van der Waals surface area contributed by atoms with Gasteiger partial charge in [-0.2, -0.15) is 0 Å². The first-order chi connectivity index (χ1) is 12.5. The van der Waals surface area contributed by atoms with Gasteiger partial charge in [0.25, 0.3) is 6.43 Å². The number of rotatable bonds is 10. The van der Waals surface area contributed by atoms with Crippen LogP contribution in [0.3, 0.4) is 0 Å². The van der Waals surface area contributed by atoms with Crippen LogP contribution in [-0.2, 0) is 0 Å². The van der Waals surface area contributed by atoms with Crippen molar-refractivity contribution in [2.24, 2.45) is 5.92 Å². The Labute approximate surface area is 154 Å². The highest BCUT2D eigenvalue weighted by Gasteiger charge is 2.23. The molecular weight excluding hydrogens is 364 g/mol. The molecular formula is C19H28F4O2Si. The third kappa shape index (κ3) is 6.82. The molecule has 0 amide bonds. The van der Waals surface area contributed by atoms with Crippen molar-refractivity contribution in [1.29, 1.82) is 0 Å². The van der Waals surface area contributed by atoms with Crippen LogP contribution in [0.5, 0.6) is 11.5 Å². The molecule has 148 valence electrons. The minimum atomic E-state index is -2.79. The standard InChI is InChI=1S/C19H28F4O2Si/c1-2-3-4-7-26-8-5-14(6-9-26)12-24-15-10-16(20)19(17(21)11-15)25-13-18(22)23/h10-11,14,18,26H,2-9,12-13H2,1H3/t14-,26-. The highest BCUT2D eigenvalue weighted by atomic mass is 28.3. The van der Waals surface area contributed by atoms with E-state index in [1.807, 2.05) is 0 Å². The molecule has 26 heavy (non-hydrogen) atoms. The minimum Gasteiger partial charge on any atom is -0.493 e. The van der Waals surface area contributed by atoms with Crippen LogP contribution in [0.2, 0.25) is 18.1 Å². The van der Waals surface area contributed by atoms with E-state index in [1.54, 1.807) is 0 Å². The molecule has 1 aromatic carbocycles. The summed E-state index contributed by atoms with van der Waals surface area (Å²) in [6, 6.07) is 6.06. The van der Waals surface area contributed by atoms with Gasteiger partial charge < -0.3 is 9.47 Å². The van der Waals surface area contributed by atoms with E-state index in [0.717, 1.165) is 25.0 Å². The lowest BCUT2D eigenvalue weighted by atomic mass is 10.0. The molecule has 0 aliphatic carbocycles. The Kier molecular flexibility index (Phi) is 8.75. The molecule has 0 N–H and O–H groups in total. The SMILES string of the molecule is CCCCC[Si@H]1CC[C@H](COc2cc(F)c(OCC(F)F)c(F)c2)CC1. The maximum Gasteiger partial charge on any atom is 0.272 e. The summed E-state index contributed by atoms with van der Waals surface area (Å²) in [5.41, 5.74) is 0. The highest BCUT2D eigenvalue weighted by molar-refractivity contribution is 6.58. The van der Waals surface area contributed by atoms with Gasteiger partial charge in [-0.05, 0) is 18.8 Å². The summed E-state index contributed by atoms with van der Waals surface area (Å²) >= 11 is 0. The Morgan fingerprint density at radius 2 is 1.73 bits per heavy atom. The fraction of sp³-hybridized carbons (Fsp3) is 0.684. The number of ether oxygens (including phenoxy) is 2. The van der Waals surface area contributed by atoms with Crippen molar-refractivity contribution in [3.8, 4) is 11.5 Å². The highest BCUT2D eigenvalue weighted by Crippen LogP contribution is 2.31. The van der Waals surface area contributed by atoms with E-state index in [2.05, 4.69) is 11.7 Å². The Hall–Kier alpha value is -1.24. The summed E-state index contributed by atoms with van der Waals surface area (Å²) in [5.74, 6) is -2.32. The van der Waals surface area contributed by atoms with Crippen LogP contribution in [-0.4, -0.2) is 28.4 Å². The molecule has 2 rings (SSSR count). The summed E-state index contributed by atoms with van der Waals surface area (Å²) in [6.45, 7) is 1.62. The van der Waals surface area contributed by atoms with Gasteiger partial charge in [-0.1, -0.05) is 44.3 Å². The van der Waals surface area contributed by atoms with Crippen LogP contribution in [0.15, 0.2) is 12.1 Å². The van der Waals surface area contributed by atoms with Gasteiger partial charge in [0.05, 0.1) is 6.61 Å². The van der Waals surface area contributed by atoms with E-state index in [-0.39, 0.29) is 5.75 Å². The fourth-order valence-electron chi connectivity index (χ4n) is 3.49. The molecule has 7 heteroatoms. The van der Waals surface area contributed by atoms with E-state index in [4.69, 9.17) is 4.74 Å². The van der Waals surface area contributed by atoms with Crippen LogP contribution in [0.4, 0.5) is 17.6 Å². The van der Waals surface area contributed by atoms with Gasteiger partial charge in [0.1, 0.15) is 12.4 Å². The molecule has 0 unspecified atom stereocenters. The van der Waals surface area contributed by atoms with Crippen molar-refractivity contribution in [1.82, 2.24) is 0 Å². The quantitative estimate of drug-likeness (QED) is 0.284. The second-order valence-corrected chi connectivity index (χ2v) is 10.6. The van der Waals surface area contributed by atoms with Crippen LogP contribution in [0.25, 0.3) is 0 Å². The zero-order chi connectivity index (χ0) is 18.9. The monoisotopic (exact) mass is 392 g/mol. The molecule has 1 aliphatic rings. The molecule has 1 aliphatic heterocycles. The van der Waals surface area contributed by atoms with Gasteiger partial charge in [0.2, 0.25) is 0 Å². The minimum absolute atomic E-state index is 0.0757. The number of unbranched alkanes of at least 4 members (excludes halogenated alkanes) is 2. The lowest BCUT2D eigenvalue weighted by Crippen LogP contribution is -2.24. The summed E-state index contributed by atoms with van der Waals surface area (Å²) < 4.78 is 61.9. The molecule has 1 aromatic rings. The number of hydrogen-bond donors (Lipinski definition) is 0. The van der Waals surface area contributed by atoms with E-state index < -0.39 is 39.2 Å². The lowest BCUT2D eigenvalue weighted by molar-refractivity contribution is 0.0776. The lowest BCUT2D eigenvalue weighted by Gasteiger charge is -2.27. The van der Waals surface area contributed by atoms with Crippen molar-refractivity contribution < 1.29 is 27.0 Å². The first-order valence-corrected chi connectivity index (χ1v) is 12.0. The molecule has 0 atom stereocenters. The molecule has 1 fully saturated rings. The predicted molar refractivity (Wildman–Crippen MR) is 97.2 cm³/mol. The van der Waals surface area contributed by atoms with Crippen LogP contribution < -0.4 is 9.47 Å². The first kappa shape index (κ1) is 21.1. The summed E-state index contributed by atoms with van der Waals surface area (Å²) in [5, 5.41) is 0. The van der Waals surface area contributed by atoms with Crippen LogP contribution in [0.1, 0.15) is 39.0 Å². The second-order valence-electron chi connectivity index (χ2n) is 7.11. The van der Waals surface area contributed by atoms with E-state index >= 15 is 0 Å². The van der Waals surface area contributed by atoms with E-state index in [1.165, 1.54) is 37.4 Å². The number of halogens is 4. The Morgan fingerprint density at radius 3 is 2.31 bits per heavy atom. The number of benzene rings is 1. The summed E-state index contributed by atoms with van der Waals surface area (Å²) in [4.78, 5) is 0. The van der Waals surface area contributed by atoms with E-state index in [9.17, 15) is 17.6 Å². The molecule has 0 aromatic heterocycles.